The number of hydrogen-bond donors (Lipinski definition) is 0. The fourth-order valence-electron chi connectivity index (χ4n) is 0.399. The molecule has 43 valence electrons. The molecule has 0 aromatic rings. The van der Waals surface area contributed by atoms with Gasteiger partial charge in [-0.3, -0.25) is 4.79 Å². The second-order valence-electron chi connectivity index (χ2n) is 1.52. The second-order valence-corrected chi connectivity index (χ2v) is 1.52. The van der Waals surface area contributed by atoms with Crippen LogP contribution in [-0.2, 0) is 4.79 Å². The third-order valence-corrected chi connectivity index (χ3v) is 0.755. The molecule has 0 fully saturated rings. The third kappa shape index (κ3) is 3.42. The van der Waals surface area contributed by atoms with E-state index in [0.717, 1.165) is 0 Å². The van der Waals surface area contributed by atoms with E-state index >= 15 is 0 Å². The van der Waals surface area contributed by atoms with Gasteiger partial charge in [-0.15, -0.1) is 6.42 Å². The highest BCUT2D eigenvalue weighted by atomic mass is 16.1. The summed E-state index contributed by atoms with van der Waals surface area (Å²) in [7, 11) is 0. The Balaban J connectivity index is 3.23. The van der Waals surface area contributed by atoms with Crippen LogP contribution >= 0.6 is 0 Å². The van der Waals surface area contributed by atoms with Gasteiger partial charge < -0.3 is 0 Å². The van der Waals surface area contributed by atoms with Crippen molar-refractivity contribution in [2.24, 2.45) is 0 Å². The van der Waals surface area contributed by atoms with Crippen LogP contribution in [0.5, 0.6) is 0 Å². The molecule has 0 aliphatic heterocycles. The molecule has 0 atom stereocenters. The summed E-state index contributed by atoms with van der Waals surface area (Å²) in [4.78, 5) is 10.5. The zero-order valence-electron chi connectivity index (χ0n) is 4.81. The Kier molecular flexibility index (Phi) is 3.97. The van der Waals surface area contributed by atoms with Crippen LogP contribution in [0.3, 0.4) is 0 Å². The molecule has 0 amide bonds. The van der Waals surface area contributed by atoms with Crippen LogP contribution < -0.4 is 0 Å². The van der Waals surface area contributed by atoms with E-state index in [4.69, 9.17) is 6.42 Å². The van der Waals surface area contributed by atoms with Crippen molar-refractivity contribution in [2.45, 2.75) is 19.3 Å². The summed E-state index contributed by atoms with van der Waals surface area (Å²) in [5.74, 6) is 2.39. The topological polar surface area (TPSA) is 17.1 Å². The summed E-state index contributed by atoms with van der Waals surface area (Å²) in [6.07, 6.45) is 6.30. The first-order valence-electron chi connectivity index (χ1n) is 2.55. The molecule has 0 bridgehead atoms. The molecule has 0 saturated heterocycles. The number of rotatable bonds is 3. The Hall–Kier alpha value is -0.770. The Morgan fingerprint density at radius 3 is 2.75 bits per heavy atom. The van der Waals surface area contributed by atoms with Gasteiger partial charge in [-0.25, -0.2) is 0 Å². The van der Waals surface area contributed by atoms with Gasteiger partial charge in [0.2, 0.25) is 0 Å². The minimum Gasteiger partial charge on any atom is -0.299 e. The Morgan fingerprint density at radius 2 is 2.38 bits per heavy atom. The van der Waals surface area contributed by atoms with E-state index in [0.29, 0.717) is 12.8 Å². The zero-order chi connectivity index (χ0) is 6.41. The number of terminal acetylenes is 1. The van der Waals surface area contributed by atoms with Gasteiger partial charge in [-0.1, -0.05) is 12.8 Å². The van der Waals surface area contributed by atoms with E-state index in [1.807, 2.05) is 0 Å². The van der Waals surface area contributed by atoms with Crippen molar-refractivity contribution < 1.29 is 4.79 Å². The Bertz CT molecular complexity index is 108. The molecule has 8 heavy (non-hydrogen) atoms. The van der Waals surface area contributed by atoms with Crippen molar-refractivity contribution in [3.63, 3.8) is 0 Å². The minimum atomic E-state index is 0.113. The van der Waals surface area contributed by atoms with Crippen LogP contribution in [0.25, 0.3) is 0 Å². The molecular formula is C7H9O. The van der Waals surface area contributed by atoms with Gasteiger partial charge in [0, 0.05) is 6.42 Å². The van der Waals surface area contributed by atoms with Gasteiger partial charge in [0.15, 0.2) is 0 Å². The van der Waals surface area contributed by atoms with Gasteiger partial charge in [0.1, 0.15) is 5.78 Å². The molecule has 0 saturated carbocycles. The van der Waals surface area contributed by atoms with Crippen molar-refractivity contribution in [1.82, 2.24) is 0 Å². The molecule has 0 N–H and O–H groups in total. The molecule has 0 aromatic carbocycles. The first-order chi connectivity index (χ1) is 3.81. The highest BCUT2D eigenvalue weighted by Gasteiger charge is 1.93. The predicted octanol–water partition coefficient (Wildman–Crippen LogP) is 1.19. The summed E-state index contributed by atoms with van der Waals surface area (Å²) >= 11 is 0. The lowest BCUT2D eigenvalue weighted by Gasteiger charge is -1.87. The summed E-state index contributed by atoms with van der Waals surface area (Å²) < 4.78 is 0. The minimum absolute atomic E-state index is 0.113. The van der Waals surface area contributed by atoms with Crippen LogP contribution in [0, 0.1) is 19.3 Å². The molecule has 0 aliphatic rings. The van der Waals surface area contributed by atoms with Crippen LogP contribution in [0.1, 0.15) is 19.3 Å². The van der Waals surface area contributed by atoms with Crippen molar-refractivity contribution in [3.05, 3.63) is 6.92 Å². The van der Waals surface area contributed by atoms with E-state index in [9.17, 15) is 4.79 Å². The average molecular weight is 109 g/mol. The maximum absolute atomic E-state index is 10.5. The van der Waals surface area contributed by atoms with Crippen LogP contribution in [-0.4, -0.2) is 5.78 Å². The molecular weight excluding hydrogens is 100 g/mol. The van der Waals surface area contributed by atoms with E-state index in [-0.39, 0.29) is 12.2 Å². The fourth-order valence-corrected chi connectivity index (χ4v) is 0.399. The number of Topliss-reactive ketones (excluding diaryl/α,β-unsaturated/α-hetero) is 1. The summed E-state index contributed by atoms with van der Waals surface area (Å²) in [6.45, 7) is 3.52. The monoisotopic (exact) mass is 109 g/mol. The summed E-state index contributed by atoms with van der Waals surface area (Å²) in [5, 5.41) is 0. The first kappa shape index (κ1) is 7.23. The lowest BCUT2D eigenvalue weighted by molar-refractivity contribution is -0.118. The smallest absolute Gasteiger partial charge is 0.144 e. The standard InChI is InChI=1S/C7H9O/c1-3-5-7(8)6-4-2/h1H,2,4-6H2. The quantitative estimate of drug-likeness (QED) is 0.497. The molecule has 0 aliphatic carbocycles. The first-order valence-corrected chi connectivity index (χ1v) is 2.55. The van der Waals surface area contributed by atoms with Crippen molar-refractivity contribution in [1.29, 1.82) is 0 Å². The fraction of sp³-hybridized carbons (Fsp3) is 0.429. The number of carbonyl (C=O) groups is 1. The number of hydrogen-bond acceptors (Lipinski definition) is 1. The van der Waals surface area contributed by atoms with Crippen LogP contribution in [0.2, 0.25) is 0 Å². The van der Waals surface area contributed by atoms with Gasteiger partial charge in [-0.2, -0.15) is 0 Å². The molecule has 0 rings (SSSR count). The van der Waals surface area contributed by atoms with Crippen LogP contribution in [0.15, 0.2) is 0 Å². The van der Waals surface area contributed by atoms with E-state index in [1.165, 1.54) is 0 Å². The van der Waals surface area contributed by atoms with E-state index < -0.39 is 0 Å². The molecule has 0 aromatic heterocycles. The highest BCUT2D eigenvalue weighted by Crippen LogP contribution is 1.90. The largest absolute Gasteiger partial charge is 0.299 e. The highest BCUT2D eigenvalue weighted by molar-refractivity contribution is 5.80. The lowest BCUT2D eigenvalue weighted by atomic mass is 10.2. The molecule has 1 nitrogen and oxygen atoms in total. The average Bonchev–Trinajstić information content (AvgIpc) is 1.68. The number of carbonyl (C=O) groups excluding carboxylic acids is 1. The van der Waals surface area contributed by atoms with Gasteiger partial charge in [0.25, 0.3) is 0 Å². The predicted molar refractivity (Wildman–Crippen MR) is 33.0 cm³/mol. The summed E-state index contributed by atoms with van der Waals surface area (Å²) in [6, 6.07) is 0. The van der Waals surface area contributed by atoms with Gasteiger partial charge in [-0.05, 0) is 6.42 Å². The maximum atomic E-state index is 10.5. The molecule has 0 heterocycles. The Morgan fingerprint density at radius 1 is 1.75 bits per heavy atom. The normalized spacial score (nSPS) is 8.00. The maximum Gasteiger partial charge on any atom is 0.144 e. The summed E-state index contributed by atoms with van der Waals surface area (Å²) in [5.41, 5.74) is 0. The molecule has 0 spiro atoms. The SMILES string of the molecule is C#CCC(=O)CC[CH2]. The van der Waals surface area contributed by atoms with Crippen LogP contribution in [0.4, 0.5) is 0 Å². The third-order valence-electron chi connectivity index (χ3n) is 0.755. The molecule has 1 heteroatoms. The number of ketones is 1. The van der Waals surface area contributed by atoms with E-state index in [1.54, 1.807) is 0 Å². The van der Waals surface area contributed by atoms with Crippen molar-refractivity contribution in [2.75, 3.05) is 0 Å². The van der Waals surface area contributed by atoms with Crippen molar-refractivity contribution >= 4 is 5.78 Å². The second kappa shape index (κ2) is 4.39. The van der Waals surface area contributed by atoms with Crippen molar-refractivity contribution in [3.8, 4) is 12.3 Å². The lowest BCUT2D eigenvalue weighted by Crippen LogP contribution is -1.92. The molecule has 1 radical (unpaired) electrons. The van der Waals surface area contributed by atoms with Gasteiger partial charge >= 0.3 is 0 Å². The Labute approximate surface area is 50.1 Å². The molecule has 0 unspecified atom stereocenters. The van der Waals surface area contributed by atoms with E-state index in [2.05, 4.69) is 12.8 Å². The van der Waals surface area contributed by atoms with Gasteiger partial charge in [0.05, 0.1) is 6.42 Å². The zero-order valence-corrected chi connectivity index (χ0v) is 4.81.